The van der Waals surface area contributed by atoms with E-state index in [4.69, 9.17) is 10.7 Å². The molecule has 0 unspecified atom stereocenters. The predicted octanol–water partition coefficient (Wildman–Crippen LogP) is 2.49. The van der Waals surface area contributed by atoms with Gasteiger partial charge in [-0.15, -0.1) is 0 Å². The normalized spacial score (nSPS) is 17.3. The van der Waals surface area contributed by atoms with Gasteiger partial charge >= 0.3 is 0 Å². The first kappa shape index (κ1) is 9.03. The molecule has 13 heavy (non-hydrogen) atoms. The number of hydrogen-bond donors (Lipinski definition) is 0. The Morgan fingerprint density at radius 1 is 1.31 bits per heavy atom. The molecule has 0 N–H and O–H groups in total. The van der Waals surface area contributed by atoms with Crippen molar-refractivity contribution < 1.29 is 8.42 Å². The zero-order valence-electron chi connectivity index (χ0n) is 6.90. The van der Waals surface area contributed by atoms with Gasteiger partial charge in [0.25, 0.3) is 9.05 Å². The molecule has 70 valence electrons. The van der Waals surface area contributed by atoms with Crippen LogP contribution in [0.2, 0.25) is 0 Å². The maximum absolute atomic E-state index is 11.0. The van der Waals surface area contributed by atoms with Crippen molar-refractivity contribution in [3.63, 3.8) is 0 Å². The third-order valence-electron chi connectivity index (χ3n) is 2.19. The topological polar surface area (TPSA) is 34.1 Å². The number of rotatable bonds is 2. The number of benzene rings is 1. The van der Waals surface area contributed by atoms with E-state index < -0.39 is 9.05 Å². The summed E-state index contributed by atoms with van der Waals surface area (Å²) in [6, 6.07) is 6.88. The fourth-order valence-electron chi connectivity index (χ4n) is 1.34. The number of hydrogen-bond acceptors (Lipinski definition) is 2. The average Bonchev–Trinajstić information content (AvgIpc) is 2.85. The van der Waals surface area contributed by atoms with Crippen LogP contribution in [0.5, 0.6) is 0 Å². The van der Waals surface area contributed by atoms with Crippen LogP contribution < -0.4 is 0 Å². The first-order valence-corrected chi connectivity index (χ1v) is 6.43. The van der Waals surface area contributed by atoms with E-state index in [-0.39, 0.29) is 4.90 Å². The Bertz CT molecular complexity index is 421. The van der Waals surface area contributed by atoms with Crippen molar-refractivity contribution in [1.29, 1.82) is 0 Å². The summed E-state index contributed by atoms with van der Waals surface area (Å²) in [6.07, 6.45) is 2.32. The molecule has 0 bridgehead atoms. The van der Waals surface area contributed by atoms with Crippen LogP contribution in [-0.4, -0.2) is 8.42 Å². The summed E-state index contributed by atoms with van der Waals surface area (Å²) in [4.78, 5) is 0.207. The van der Waals surface area contributed by atoms with Gasteiger partial charge in [-0.1, -0.05) is 12.1 Å². The van der Waals surface area contributed by atoms with Crippen LogP contribution in [0.15, 0.2) is 29.2 Å². The summed E-state index contributed by atoms with van der Waals surface area (Å²) < 4.78 is 22.0. The molecule has 4 heteroatoms. The third kappa shape index (κ3) is 2.03. The molecule has 2 rings (SSSR count). The van der Waals surface area contributed by atoms with E-state index in [1.807, 2.05) is 6.07 Å². The Morgan fingerprint density at radius 3 is 2.54 bits per heavy atom. The van der Waals surface area contributed by atoms with E-state index >= 15 is 0 Å². The molecule has 1 aliphatic rings. The monoisotopic (exact) mass is 216 g/mol. The van der Waals surface area contributed by atoms with Crippen LogP contribution in [0.4, 0.5) is 0 Å². The van der Waals surface area contributed by atoms with Crippen molar-refractivity contribution >= 4 is 19.7 Å². The summed E-state index contributed by atoms with van der Waals surface area (Å²) in [5.41, 5.74) is 1.08. The van der Waals surface area contributed by atoms with Crippen LogP contribution in [0.1, 0.15) is 24.3 Å². The highest BCUT2D eigenvalue weighted by Gasteiger charge is 2.24. The predicted molar refractivity (Wildman–Crippen MR) is 51.5 cm³/mol. The third-order valence-corrected chi connectivity index (χ3v) is 3.54. The van der Waals surface area contributed by atoms with Gasteiger partial charge in [-0.25, -0.2) is 8.42 Å². The highest BCUT2D eigenvalue weighted by molar-refractivity contribution is 8.13. The van der Waals surface area contributed by atoms with Gasteiger partial charge in [0.2, 0.25) is 0 Å². The minimum absolute atomic E-state index is 0.207. The lowest BCUT2D eigenvalue weighted by atomic mass is 10.1. The average molecular weight is 217 g/mol. The van der Waals surface area contributed by atoms with E-state index in [0.717, 1.165) is 18.4 Å². The lowest BCUT2D eigenvalue weighted by molar-refractivity contribution is 0.609. The molecule has 0 saturated heterocycles. The zero-order chi connectivity index (χ0) is 9.47. The molecular formula is C9H9ClO2S. The van der Waals surface area contributed by atoms with Gasteiger partial charge in [0.05, 0.1) is 4.90 Å². The minimum Gasteiger partial charge on any atom is -0.207 e. The molecule has 0 spiro atoms. The van der Waals surface area contributed by atoms with Gasteiger partial charge in [0.1, 0.15) is 0 Å². The summed E-state index contributed by atoms with van der Waals surface area (Å²) >= 11 is 0. The van der Waals surface area contributed by atoms with Gasteiger partial charge in [-0.3, -0.25) is 0 Å². The van der Waals surface area contributed by atoms with E-state index in [0.29, 0.717) is 5.92 Å². The molecule has 1 aromatic rings. The van der Waals surface area contributed by atoms with Crippen molar-refractivity contribution in [3.05, 3.63) is 29.8 Å². The first-order valence-electron chi connectivity index (χ1n) is 4.12. The highest BCUT2D eigenvalue weighted by atomic mass is 35.7. The Balaban J connectivity index is 2.43. The molecule has 0 aromatic heterocycles. The summed E-state index contributed by atoms with van der Waals surface area (Å²) in [5.74, 6) is 0.554. The molecule has 0 atom stereocenters. The molecular weight excluding hydrogens is 208 g/mol. The van der Waals surface area contributed by atoms with Crippen LogP contribution in [0.25, 0.3) is 0 Å². The molecule has 1 fully saturated rings. The SMILES string of the molecule is O=S(=O)(Cl)c1cccc(C2CC2)c1. The highest BCUT2D eigenvalue weighted by Crippen LogP contribution is 2.40. The Kier molecular flexibility index (Phi) is 2.08. The molecule has 1 saturated carbocycles. The fourth-order valence-corrected chi connectivity index (χ4v) is 2.14. The second-order valence-corrected chi connectivity index (χ2v) is 5.85. The fraction of sp³-hybridized carbons (Fsp3) is 0.333. The number of halogens is 1. The van der Waals surface area contributed by atoms with Crippen molar-refractivity contribution in [2.24, 2.45) is 0 Å². The quantitative estimate of drug-likeness (QED) is 0.712. The van der Waals surface area contributed by atoms with Gasteiger partial charge < -0.3 is 0 Å². The smallest absolute Gasteiger partial charge is 0.207 e. The maximum Gasteiger partial charge on any atom is 0.261 e. The van der Waals surface area contributed by atoms with Crippen molar-refractivity contribution in [2.75, 3.05) is 0 Å². The van der Waals surface area contributed by atoms with Crippen molar-refractivity contribution in [3.8, 4) is 0 Å². The van der Waals surface area contributed by atoms with Crippen LogP contribution >= 0.6 is 10.7 Å². The second-order valence-electron chi connectivity index (χ2n) is 3.28. The van der Waals surface area contributed by atoms with Crippen LogP contribution in [0, 0.1) is 0 Å². The first-order chi connectivity index (χ1) is 6.07. The lowest BCUT2D eigenvalue weighted by Crippen LogP contribution is -1.91. The van der Waals surface area contributed by atoms with Crippen LogP contribution in [-0.2, 0) is 9.05 Å². The Labute approximate surface area is 82.0 Å². The lowest BCUT2D eigenvalue weighted by Gasteiger charge is -1.99. The minimum atomic E-state index is -3.56. The Hall–Kier alpha value is -0.540. The second kappa shape index (κ2) is 3.00. The van der Waals surface area contributed by atoms with Crippen molar-refractivity contribution in [2.45, 2.75) is 23.7 Å². The van der Waals surface area contributed by atoms with E-state index in [2.05, 4.69) is 0 Å². The standard InChI is InChI=1S/C9H9ClO2S/c10-13(11,12)9-3-1-2-8(6-9)7-4-5-7/h1-3,6-7H,4-5H2. The van der Waals surface area contributed by atoms with E-state index in [1.165, 1.54) is 6.07 Å². The summed E-state index contributed by atoms with van der Waals surface area (Å²) in [7, 11) is 1.67. The van der Waals surface area contributed by atoms with E-state index in [1.54, 1.807) is 12.1 Å². The molecule has 1 aliphatic carbocycles. The molecule has 0 aliphatic heterocycles. The van der Waals surface area contributed by atoms with Crippen molar-refractivity contribution in [1.82, 2.24) is 0 Å². The van der Waals surface area contributed by atoms with Gasteiger partial charge in [-0.2, -0.15) is 0 Å². The zero-order valence-corrected chi connectivity index (χ0v) is 8.48. The van der Waals surface area contributed by atoms with E-state index in [9.17, 15) is 8.42 Å². The molecule has 0 radical (unpaired) electrons. The molecule has 1 aromatic carbocycles. The van der Waals surface area contributed by atoms with Gasteiger partial charge in [-0.05, 0) is 36.5 Å². The maximum atomic E-state index is 11.0. The van der Waals surface area contributed by atoms with Gasteiger partial charge in [0.15, 0.2) is 0 Å². The van der Waals surface area contributed by atoms with Gasteiger partial charge in [0, 0.05) is 10.7 Å². The summed E-state index contributed by atoms with van der Waals surface area (Å²) in [6.45, 7) is 0. The molecule has 0 amide bonds. The Morgan fingerprint density at radius 2 is 2.00 bits per heavy atom. The molecule has 2 nitrogen and oxygen atoms in total. The largest absolute Gasteiger partial charge is 0.261 e. The van der Waals surface area contributed by atoms with Crippen LogP contribution in [0.3, 0.4) is 0 Å². The molecule has 0 heterocycles. The summed E-state index contributed by atoms with van der Waals surface area (Å²) in [5, 5.41) is 0.